The fourth-order valence-corrected chi connectivity index (χ4v) is 3.18. The Morgan fingerprint density at radius 3 is 2.76 bits per heavy atom. The molecule has 0 N–H and O–H groups in total. The highest BCUT2D eigenvalue weighted by Gasteiger charge is 2.26. The Balaban J connectivity index is 1.87. The maximum atomic E-state index is 14.3. The van der Waals surface area contributed by atoms with Crippen LogP contribution in [-0.2, 0) is 4.74 Å². The first-order valence-electron chi connectivity index (χ1n) is 8.13. The van der Waals surface area contributed by atoms with Gasteiger partial charge in [0, 0.05) is 36.3 Å². The van der Waals surface area contributed by atoms with E-state index in [4.69, 9.17) is 16.3 Å². The first kappa shape index (κ1) is 17.7. The highest BCUT2D eigenvalue weighted by atomic mass is 35.5. The van der Waals surface area contributed by atoms with Gasteiger partial charge in [-0.15, -0.1) is 0 Å². The van der Waals surface area contributed by atoms with Crippen molar-refractivity contribution >= 4 is 23.4 Å². The smallest absolute Gasteiger partial charge is 0.414 e. The summed E-state index contributed by atoms with van der Waals surface area (Å²) in [6.45, 7) is 1.64. The van der Waals surface area contributed by atoms with Gasteiger partial charge in [0.25, 0.3) is 0 Å². The average Bonchev–Trinajstić information content (AvgIpc) is 3.01. The van der Waals surface area contributed by atoms with Crippen molar-refractivity contribution in [1.29, 1.82) is 0 Å². The molecule has 1 heterocycles. The van der Waals surface area contributed by atoms with Gasteiger partial charge in [0.15, 0.2) is 0 Å². The molecule has 0 aromatic heterocycles. The van der Waals surface area contributed by atoms with Gasteiger partial charge < -0.3 is 9.64 Å². The number of hydrogen-bond acceptors (Lipinski definition) is 3. The molecule has 0 spiro atoms. The molecular formula is C19H20ClFN2O2. The minimum Gasteiger partial charge on any atom is -0.444 e. The Labute approximate surface area is 151 Å². The summed E-state index contributed by atoms with van der Waals surface area (Å²) in [6.07, 6.45) is 0.255. The maximum Gasteiger partial charge on any atom is 0.414 e. The highest BCUT2D eigenvalue weighted by Crippen LogP contribution is 2.34. The molecule has 0 unspecified atom stereocenters. The predicted octanol–water partition coefficient (Wildman–Crippen LogP) is 4.42. The van der Waals surface area contributed by atoms with Crippen LogP contribution in [-0.4, -0.2) is 44.3 Å². The van der Waals surface area contributed by atoms with Crippen LogP contribution in [0.25, 0.3) is 11.1 Å². The van der Waals surface area contributed by atoms with E-state index in [-0.39, 0.29) is 6.10 Å². The molecule has 4 nitrogen and oxygen atoms in total. The molecule has 1 atom stereocenters. The van der Waals surface area contributed by atoms with Crippen LogP contribution in [0.3, 0.4) is 0 Å². The Kier molecular flexibility index (Phi) is 5.25. The lowest BCUT2D eigenvalue weighted by molar-refractivity contribution is 0.110. The van der Waals surface area contributed by atoms with Crippen LogP contribution in [0, 0.1) is 5.82 Å². The summed E-state index contributed by atoms with van der Waals surface area (Å²) in [4.78, 5) is 16.0. The number of halogens is 2. The average molecular weight is 363 g/mol. The summed E-state index contributed by atoms with van der Waals surface area (Å²) < 4.78 is 19.8. The number of nitrogens with zero attached hydrogens (tertiary/aromatic N) is 2. The number of likely N-dealkylation sites (tertiary alicyclic amines) is 1. The van der Waals surface area contributed by atoms with Crippen molar-refractivity contribution in [1.82, 2.24) is 4.90 Å². The second kappa shape index (κ2) is 7.42. The van der Waals surface area contributed by atoms with Gasteiger partial charge in [-0.3, -0.25) is 4.90 Å². The summed E-state index contributed by atoms with van der Waals surface area (Å²) in [7, 11) is 3.62. The van der Waals surface area contributed by atoms with Gasteiger partial charge in [0.2, 0.25) is 0 Å². The third-order valence-corrected chi connectivity index (χ3v) is 4.61. The monoisotopic (exact) mass is 362 g/mol. The minimum atomic E-state index is -0.449. The molecule has 3 rings (SSSR count). The molecule has 0 radical (unpaired) electrons. The van der Waals surface area contributed by atoms with E-state index in [9.17, 15) is 9.18 Å². The molecule has 2 aromatic rings. The van der Waals surface area contributed by atoms with Gasteiger partial charge in [-0.1, -0.05) is 29.8 Å². The molecule has 25 heavy (non-hydrogen) atoms. The van der Waals surface area contributed by atoms with E-state index in [1.54, 1.807) is 37.4 Å². The Bertz CT molecular complexity index is 784. The zero-order valence-corrected chi connectivity index (χ0v) is 15.0. The van der Waals surface area contributed by atoms with E-state index in [1.807, 2.05) is 7.05 Å². The number of amides is 1. The van der Waals surface area contributed by atoms with Crippen LogP contribution < -0.4 is 4.90 Å². The topological polar surface area (TPSA) is 32.8 Å². The zero-order chi connectivity index (χ0) is 18.0. The Morgan fingerprint density at radius 1 is 1.28 bits per heavy atom. The first-order valence-corrected chi connectivity index (χ1v) is 8.51. The SMILES string of the molecule is CN1CC[C@@H](OC(=O)N(C)c2ccccc2-c2cc(Cl)ccc2F)C1. The van der Waals surface area contributed by atoms with E-state index in [0.29, 0.717) is 21.8 Å². The Hall–Kier alpha value is -2.11. The van der Waals surface area contributed by atoms with Gasteiger partial charge in [-0.2, -0.15) is 0 Å². The van der Waals surface area contributed by atoms with Crippen LogP contribution >= 0.6 is 11.6 Å². The van der Waals surface area contributed by atoms with Crippen LogP contribution in [0.15, 0.2) is 42.5 Å². The highest BCUT2D eigenvalue weighted by molar-refractivity contribution is 6.30. The number of carbonyl (C=O) groups is 1. The van der Waals surface area contributed by atoms with Crippen LogP contribution in [0.2, 0.25) is 5.02 Å². The van der Waals surface area contributed by atoms with E-state index >= 15 is 0 Å². The summed E-state index contributed by atoms with van der Waals surface area (Å²) in [6, 6.07) is 11.5. The van der Waals surface area contributed by atoms with Crippen LogP contribution in [0.1, 0.15) is 6.42 Å². The van der Waals surface area contributed by atoms with Crippen molar-refractivity contribution in [2.45, 2.75) is 12.5 Å². The first-order chi connectivity index (χ1) is 12.0. The standard InChI is InChI=1S/C19H20ClFN2O2/c1-22-10-9-14(12-22)25-19(24)23(2)18-6-4-3-5-15(18)16-11-13(20)7-8-17(16)21/h3-8,11,14H,9-10,12H2,1-2H3/t14-/m1/s1. The lowest BCUT2D eigenvalue weighted by atomic mass is 10.0. The lowest BCUT2D eigenvalue weighted by Crippen LogP contribution is -2.32. The Morgan fingerprint density at radius 2 is 2.04 bits per heavy atom. The summed E-state index contributed by atoms with van der Waals surface area (Å²) in [5, 5.41) is 0.436. The van der Waals surface area contributed by atoms with E-state index < -0.39 is 11.9 Å². The van der Waals surface area contributed by atoms with E-state index in [0.717, 1.165) is 19.5 Å². The van der Waals surface area contributed by atoms with E-state index in [2.05, 4.69) is 4.90 Å². The van der Waals surface area contributed by atoms with Crippen molar-refractivity contribution in [2.24, 2.45) is 0 Å². The number of rotatable bonds is 3. The van der Waals surface area contributed by atoms with Crippen molar-refractivity contribution in [3.05, 3.63) is 53.3 Å². The second-order valence-electron chi connectivity index (χ2n) is 6.26. The molecule has 0 aliphatic carbocycles. The van der Waals surface area contributed by atoms with Gasteiger partial charge in [-0.25, -0.2) is 9.18 Å². The zero-order valence-electron chi connectivity index (χ0n) is 14.2. The van der Waals surface area contributed by atoms with Gasteiger partial charge in [0.05, 0.1) is 5.69 Å². The largest absolute Gasteiger partial charge is 0.444 e. The minimum absolute atomic E-state index is 0.116. The number of likely N-dealkylation sites (N-methyl/N-ethyl adjacent to an activating group) is 1. The van der Waals surface area contributed by atoms with Crippen molar-refractivity contribution < 1.29 is 13.9 Å². The molecule has 1 saturated heterocycles. The molecule has 0 saturated carbocycles. The molecule has 1 aliphatic rings. The third-order valence-electron chi connectivity index (χ3n) is 4.37. The predicted molar refractivity (Wildman–Crippen MR) is 97.6 cm³/mol. The van der Waals surface area contributed by atoms with Gasteiger partial charge in [-0.05, 0) is 37.7 Å². The summed E-state index contributed by atoms with van der Waals surface area (Å²) >= 11 is 6.01. The number of anilines is 1. The third kappa shape index (κ3) is 3.94. The lowest BCUT2D eigenvalue weighted by Gasteiger charge is -2.22. The van der Waals surface area contributed by atoms with Crippen molar-refractivity contribution in [3.8, 4) is 11.1 Å². The fourth-order valence-electron chi connectivity index (χ4n) is 3.01. The summed E-state index contributed by atoms with van der Waals surface area (Å²) in [5.41, 5.74) is 1.51. The van der Waals surface area contributed by atoms with Gasteiger partial charge >= 0.3 is 6.09 Å². The molecule has 132 valence electrons. The maximum absolute atomic E-state index is 14.3. The normalized spacial score (nSPS) is 17.5. The molecular weight excluding hydrogens is 343 g/mol. The molecule has 2 aromatic carbocycles. The molecule has 0 bridgehead atoms. The molecule has 1 fully saturated rings. The number of para-hydroxylation sites is 1. The van der Waals surface area contributed by atoms with E-state index in [1.165, 1.54) is 17.0 Å². The number of ether oxygens (including phenoxy) is 1. The van der Waals surface area contributed by atoms with Gasteiger partial charge in [0.1, 0.15) is 11.9 Å². The van der Waals surface area contributed by atoms with Crippen molar-refractivity contribution in [2.75, 3.05) is 32.1 Å². The quantitative estimate of drug-likeness (QED) is 0.810. The molecule has 1 aliphatic heterocycles. The second-order valence-corrected chi connectivity index (χ2v) is 6.69. The van der Waals surface area contributed by atoms with Crippen molar-refractivity contribution in [3.63, 3.8) is 0 Å². The molecule has 6 heteroatoms. The fraction of sp³-hybridized carbons (Fsp3) is 0.316. The molecule has 1 amide bonds. The number of hydrogen-bond donors (Lipinski definition) is 0. The number of carbonyl (C=O) groups excluding carboxylic acids is 1. The van der Waals surface area contributed by atoms with Crippen LogP contribution in [0.5, 0.6) is 0 Å². The number of benzene rings is 2. The van der Waals surface area contributed by atoms with Crippen LogP contribution in [0.4, 0.5) is 14.9 Å². The summed E-state index contributed by atoms with van der Waals surface area (Å²) in [5.74, 6) is -0.393.